The highest BCUT2D eigenvalue weighted by atomic mass is 16.3. The van der Waals surface area contributed by atoms with E-state index in [2.05, 4.69) is 4.98 Å². The van der Waals surface area contributed by atoms with Crippen molar-refractivity contribution in [1.29, 1.82) is 0 Å². The van der Waals surface area contributed by atoms with Gasteiger partial charge in [0.1, 0.15) is 11.4 Å². The maximum atomic E-state index is 12.7. The molecule has 1 heterocycles. The third-order valence-corrected chi connectivity index (χ3v) is 3.40. The highest BCUT2D eigenvalue weighted by molar-refractivity contribution is 6.12. The van der Waals surface area contributed by atoms with Crippen LogP contribution < -0.4 is 4.90 Å². The SMILES string of the molecule is CN(C(=O)c1nccc2ccccc12)c1cccc(O)c1. The minimum absolute atomic E-state index is 0.123. The zero-order valence-electron chi connectivity index (χ0n) is 11.5. The molecule has 0 fully saturated rings. The monoisotopic (exact) mass is 278 g/mol. The summed E-state index contributed by atoms with van der Waals surface area (Å²) in [6.07, 6.45) is 1.63. The third-order valence-electron chi connectivity index (χ3n) is 3.40. The van der Waals surface area contributed by atoms with Gasteiger partial charge in [-0.3, -0.25) is 9.78 Å². The molecule has 0 aliphatic carbocycles. The van der Waals surface area contributed by atoms with Gasteiger partial charge < -0.3 is 10.0 Å². The van der Waals surface area contributed by atoms with E-state index in [0.717, 1.165) is 10.8 Å². The first-order chi connectivity index (χ1) is 10.2. The predicted molar refractivity (Wildman–Crippen MR) is 82.6 cm³/mol. The van der Waals surface area contributed by atoms with E-state index in [4.69, 9.17) is 0 Å². The van der Waals surface area contributed by atoms with Gasteiger partial charge in [0.25, 0.3) is 5.91 Å². The molecule has 0 aliphatic rings. The first-order valence-corrected chi connectivity index (χ1v) is 6.57. The van der Waals surface area contributed by atoms with Crippen LogP contribution in [0.5, 0.6) is 5.75 Å². The van der Waals surface area contributed by atoms with Crippen molar-refractivity contribution in [3.63, 3.8) is 0 Å². The van der Waals surface area contributed by atoms with Crippen LogP contribution in [0.25, 0.3) is 10.8 Å². The number of phenolic OH excluding ortho intramolecular Hbond substituents is 1. The van der Waals surface area contributed by atoms with E-state index in [-0.39, 0.29) is 11.7 Å². The molecule has 0 spiro atoms. The summed E-state index contributed by atoms with van der Waals surface area (Å²) in [6.45, 7) is 0. The second kappa shape index (κ2) is 5.25. The average molecular weight is 278 g/mol. The molecule has 2 aromatic carbocycles. The molecule has 104 valence electrons. The number of hydrogen-bond acceptors (Lipinski definition) is 3. The second-order valence-corrected chi connectivity index (χ2v) is 4.76. The molecule has 4 nitrogen and oxygen atoms in total. The predicted octanol–water partition coefficient (Wildman–Crippen LogP) is 3.22. The zero-order valence-corrected chi connectivity index (χ0v) is 11.5. The second-order valence-electron chi connectivity index (χ2n) is 4.76. The molecule has 1 N–H and O–H groups in total. The highest BCUT2D eigenvalue weighted by Gasteiger charge is 2.17. The number of fused-ring (bicyclic) bond motifs is 1. The van der Waals surface area contributed by atoms with E-state index in [9.17, 15) is 9.90 Å². The van der Waals surface area contributed by atoms with E-state index in [1.165, 1.54) is 4.90 Å². The van der Waals surface area contributed by atoms with E-state index in [1.54, 1.807) is 37.5 Å². The molecule has 21 heavy (non-hydrogen) atoms. The van der Waals surface area contributed by atoms with Gasteiger partial charge in [-0.1, -0.05) is 30.3 Å². The average Bonchev–Trinajstić information content (AvgIpc) is 2.53. The molecule has 0 radical (unpaired) electrons. The number of rotatable bonds is 2. The quantitative estimate of drug-likeness (QED) is 0.783. The molecule has 3 aromatic rings. The number of phenols is 1. The largest absolute Gasteiger partial charge is 0.508 e. The van der Waals surface area contributed by atoms with Crippen LogP contribution in [0.15, 0.2) is 60.8 Å². The smallest absolute Gasteiger partial charge is 0.277 e. The molecule has 0 saturated heterocycles. The van der Waals surface area contributed by atoms with Crippen molar-refractivity contribution in [2.75, 3.05) is 11.9 Å². The number of amides is 1. The van der Waals surface area contributed by atoms with Crippen LogP contribution in [-0.2, 0) is 0 Å². The van der Waals surface area contributed by atoms with Crippen LogP contribution in [0.4, 0.5) is 5.69 Å². The van der Waals surface area contributed by atoms with Gasteiger partial charge in [0.15, 0.2) is 0 Å². The van der Waals surface area contributed by atoms with Crippen molar-refractivity contribution in [2.24, 2.45) is 0 Å². The lowest BCUT2D eigenvalue weighted by molar-refractivity contribution is 0.0990. The van der Waals surface area contributed by atoms with Crippen LogP contribution in [0.3, 0.4) is 0 Å². The molecule has 0 atom stereocenters. The van der Waals surface area contributed by atoms with Crippen LogP contribution in [0, 0.1) is 0 Å². The Morgan fingerprint density at radius 2 is 1.90 bits per heavy atom. The Kier molecular flexibility index (Phi) is 3.28. The number of pyridine rings is 1. The molecule has 0 unspecified atom stereocenters. The fraction of sp³-hybridized carbons (Fsp3) is 0.0588. The van der Waals surface area contributed by atoms with Crippen molar-refractivity contribution in [3.05, 3.63) is 66.5 Å². The number of benzene rings is 2. The molecule has 0 aliphatic heterocycles. The molecular formula is C17H14N2O2. The van der Waals surface area contributed by atoms with Gasteiger partial charge in [-0.15, -0.1) is 0 Å². The molecule has 0 bridgehead atoms. The van der Waals surface area contributed by atoms with Crippen molar-refractivity contribution in [2.45, 2.75) is 0 Å². The number of nitrogens with zero attached hydrogens (tertiary/aromatic N) is 2. The Balaban J connectivity index is 2.04. The fourth-order valence-electron chi connectivity index (χ4n) is 2.27. The number of anilines is 1. The van der Waals surface area contributed by atoms with Gasteiger partial charge >= 0.3 is 0 Å². The zero-order chi connectivity index (χ0) is 14.8. The summed E-state index contributed by atoms with van der Waals surface area (Å²) in [6, 6.07) is 16.1. The van der Waals surface area contributed by atoms with Gasteiger partial charge in [0.2, 0.25) is 0 Å². The maximum Gasteiger partial charge on any atom is 0.277 e. The lowest BCUT2D eigenvalue weighted by Crippen LogP contribution is -2.27. The first kappa shape index (κ1) is 13.1. The Labute approximate surface area is 122 Å². The van der Waals surface area contributed by atoms with E-state index >= 15 is 0 Å². The Hall–Kier alpha value is -2.88. The summed E-state index contributed by atoms with van der Waals surface area (Å²) in [4.78, 5) is 18.4. The molecular weight excluding hydrogens is 264 g/mol. The van der Waals surface area contributed by atoms with Crippen LogP contribution in [-0.4, -0.2) is 23.0 Å². The first-order valence-electron chi connectivity index (χ1n) is 6.57. The number of aromatic nitrogens is 1. The van der Waals surface area contributed by atoms with Gasteiger partial charge in [0, 0.05) is 30.4 Å². The Bertz CT molecular complexity index is 809. The van der Waals surface area contributed by atoms with E-state index in [1.807, 2.05) is 30.3 Å². The van der Waals surface area contributed by atoms with Crippen LogP contribution in [0.2, 0.25) is 0 Å². The summed E-state index contributed by atoms with van der Waals surface area (Å²) in [5.41, 5.74) is 1.02. The Morgan fingerprint density at radius 3 is 2.71 bits per heavy atom. The van der Waals surface area contributed by atoms with Crippen molar-refractivity contribution in [3.8, 4) is 5.75 Å². The summed E-state index contributed by atoms with van der Waals surface area (Å²) in [7, 11) is 1.67. The minimum atomic E-state index is -0.211. The Morgan fingerprint density at radius 1 is 1.10 bits per heavy atom. The van der Waals surface area contributed by atoms with E-state index in [0.29, 0.717) is 11.4 Å². The summed E-state index contributed by atoms with van der Waals surface area (Å²) >= 11 is 0. The maximum absolute atomic E-state index is 12.7. The molecule has 1 aromatic heterocycles. The lowest BCUT2D eigenvalue weighted by atomic mass is 10.1. The van der Waals surface area contributed by atoms with Crippen molar-refractivity contribution >= 4 is 22.4 Å². The van der Waals surface area contributed by atoms with Gasteiger partial charge in [0.05, 0.1) is 0 Å². The van der Waals surface area contributed by atoms with Gasteiger partial charge in [-0.05, 0) is 23.6 Å². The summed E-state index contributed by atoms with van der Waals surface area (Å²) in [5, 5.41) is 11.3. The normalized spacial score (nSPS) is 10.5. The van der Waals surface area contributed by atoms with Crippen molar-refractivity contribution < 1.29 is 9.90 Å². The third kappa shape index (κ3) is 2.43. The summed E-state index contributed by atoms with van der Waals surface area (Å²) in [5.74, 6) is -0.0876. The fourth-order valence-corrected chi connectivity index (χ4v) is 2.27. The van der Waals surface area contributed by atoms with Crippen LogP contribution >= 0.6 is 0 Å². The lowest BCUT2D eigenvalue weighted by Gasteiger charge is -2.17. The van der Waals surface area contributed by atoms with Crippen LogP contribution in [0.1, 0.15) is 10.5 Å². The van der Waals surface area contributed by atoms with Gasteiger partial charge in [-0.2, -0.15) is 0 Å². The minimum Gasteiger partial charge on any atom is -0.508 e. The molecule has 4 heteroatoms. The summed E-state index contributed by atoms with van der Waals surface area (Å²) < 4.78 is 0. The molecule has 3 rings (SSSR count). The van der Waals surface area contributed by atoms with E-state index < -0.39 is 0 Å². The van der Waals surface area contributed by atoms with Crippen molar-refractivity contribution in [1.82, 2.24) is 4.98 Å². The molecule has 0 saturated carbocycles. The number of aromatic hydroxyl groups is 1. The topological polar surface area (TPSA) is 53.4 Å². The van der Waals surface area contributed by atoms with Gasteiger partial charge in [-0.25, -0.2) is 0 Å². The number of carbonyl (C=O) groups excluding carboxylic acids is 1. The highest BCUT2D eigenvalue weighted by Crippen LogP contribution is 2.23. The standard InChI is InChI=1S/C17H14N2O2/c1-19(13-6-4-7-14(20)11-13)17(21)16-15-8-3-2-5-12(15)9-10-18-16/h2-11,20H,1H3. The number of hydrogen-bond donors (Lipinski definition) is 1. The number of carbonyl (C=O) groups is 1. The molecule has 1 amide bonds.